The molecule has 212 valence electrons. The predicted molar refractivity (Wildman–Crippen MR) is 159 cm³/mol. The van der Waals surface area contributed by atoms with E-state index in [0.717, 1.165) is 57.7 Å². The van der Waals surface area contributed by atoms with E-state index >= 15 is 0 Å². The van der Waals surface area contributed by atoms with Crippen LogP contribution < -0.4 is 9.80 Å². The van der Waals surface area contributed by atoms with Crippen molar-refractivity contribution in [1.29, 1.82) is 0 Å². The number of benzene rings is 2. The van der Waals surface area contributed by atoms with Crippen LogP contribution in [0.5, 0.6) is 0 Å². The van der Waals surface area contributed by atoms with Gasteiger partial charge < -0.3 is 19.5 Å². The zero-order chi connectivity index (χ0) is 27.9. The van der Waals surface area contributed by atoms with E-state index in [1.165, 1.54) is 22.2 Å². The number of para-hydroxylation sites is 1. The fourth-order valence-corrected chi connectivity index (χ4v) is 6.61. The van der Waals surface area contributed by atoms with Gasteiger partial charge in [-0.15, -0.1) is 0 Å². The molecule has 0 radical (unpaired) electrons. The van der Waals surface area contributed by atoms with Gasteiger partial charge in [0.2, 0.25) is 5.91 Å². The number of H-pyrrole nitrogens is 1. The molecule has 40 heavy (non-hydrogen) atoms. The summed E-state index contributed by atoms with van der Waals surface area (Å²) < 4.78 is 5.68. The largest absolute Gasteiger partial charge is 0.444 e. The molecule has 0 aliphatic carbocycles. The molecular formula is C32H41N5O3. The molecule has 2 fully saturated rings. The number of carbonyl (C=O) groups is 2. The van der Waals surface area contributed by atoms with E-state index in [1.807, 2.05) is 37.9 Å². The number of nitrogens with one attached hydrogen (secondary N) is 1. The van der Waals surface area contributed by atoms with Crippen molar-refractivity contribution < 1.29 is 14.3 Å². The molecule has 3 aliphatic heterocycles. The van der Waals surface area contributed by atoms with Crippen molar-refractivity contribution in [3.05, 3.63) is 60.3 Å². The van der Waals surface area contributed by atoms with Crippen molar-refractivity contribution in [3.8, 4) is 0 Å². The molecule has 2 atom stereocenters. The van der Waals surface area contributed by atoms with Crippen LogP contribution in [0.3, 0.4) is 0 Å². The van der Waals surface area contributed by atoms with E-state index < -0.39 is 17.7 Å². The normalized spacial score (nSPS) is 22.0. The summed E-state index contributed by atoms with van der Waals surface area (Å²) in [7, 11) is 0. The fraction of sp³-hybridized carbons (Fsp3) is 0.500. The fourth-order valence-electron chi connectivity index (χ4n) is 6.61. The number of nitrogens with zero attached hydrogens (tertiary/aromatic N) is 4. The minimum Gasteiger partial charge on any atom is -0.444 e. The molecule has 3 aliphatic rings. The molecule has 2 amide bonds. The SMILES string of the molecule is CC(C)(C)OC(=O)N1CCC[C@H]1C(=O)N1c2ccccc2CCC1CN1CCN(c2cccc3[nH]ccc23)CC1. The van der Waals surface area contributed by atoms with Crippen LogP contribution in [-0.4, -0.2) is 83.7 Å². The molecule has 2 saturated heterocycles. The van der Waals surface area contributed by atoms with Crippen LogP contribution in [0.15, 0.2) is 54.7 Å². The van der Waals surface area contributed by atoms with Gasteiger partial charge in [0.1, 0.15) is 11.6 Å². The highest BCUT2D eigenvalue weighted by Gasteiger charge is 2.42. The third-order valence-electron chi connectivity index (χ3n) is 8.52. The van der Waals surface area contributed by atoms with Gasteiger partial charge >= 0.3 is 6.09 Å². The summed E-state index contributed by atoms with van der Waals surface area (Å²) in [4.78, 5) is 39.3. The van der Waals surface area contributed by atoms with Crippen molar-refractivity contribution in [2.45, 2.75) is 64.1 Å². The Balaban J connectivity index is 1.18. The quantitative estimate of drug-likeness (QED) is 0.499. The van der Waals surface area contributed by atoms with Gasteiger partial charge in [-0.3, -0.25) is 14.6 Å². The number of piperazine rings is 1. The number of ether oxygens (including phenoxy) is 1. The molecular weight excluding hydrogens is 502 g/mol. The average Bonchev–Trinajstić information content (AvgIpc) is 3.62. The van der Waals surface area contributed by atoms with Gasteiger partial charge in [0, 0.05) is 67.7 Å². The van der Waals surface area contributed by atoms with Crippen LogP contribution >= 0.6 is 0 Å². The summed E-state index contributed by atoms with van der Waals surface area (Å²) >= 11 is 0. The van der Waals surface area contributed by atoms with E-state index in [9.17, 15) is 9.59 Å². The number of fused-ring (bicyclic) bond motifs is 2. The average molecular weight is 544 g/mol. The van der Waals surface area contributed by atoms with Gasteiger partial charge in [-0.1, -0.05) is 24.3 Å². The molecule has 0 bridgehead atoms. The molecule has 4 heterocycles. The molecule has 0 spiro atoms. The monoisotopic (exact) mass is 543 g/mol. The van der Waals surface area contributed by atoms with E-state index in [-0.39, 0.29) is 11.9 Å². The number of aryl methyl sites for hydroxylation is 1. The number of rotatable bonds is 4. The summed E-state index contributed by atoms with van der Waals surface area (Å²) in [6.07, 6.45) is 4.98. The molecule has 0 saturated carbocycles. The molecule has 2 aromatic carbocycles. The summed E-state index contributed by atoms with van der Waals surface area (Å²) in [6.45, 7) is 10.8. The summed E-state index contributed by atoms with van der Waals surface area (Å²) in [5.74, 6) is 0.0262. The number of aromatic amines is 1. The number of anilines is 2. The first-order chi connectivity index (χ1) is 19.3. The minimum absolute atomic E-state index is 0.0262. The van der Waals surface area contributed by atoms with Crippen molar-refractivity contribution in [2.75, 3.05) is 49.1 Å². The third-order valence-corrected chi connectivity index (χ3v) is 8.52. The first-order valence-corrected chi connectivity index (χ1v) is 14.7. The number of carbonyl (C=O) groups excluding carboxylic acids is 2. The first-order valence-electron chi connectivity index (χ1n) is 14.7. The lowest BCUT2D eigenvalue weighted by atomic mass is 9.94. The number of hydrogen-bond donors (Lipinski definition) is 1. The first kappa shape index (κ1) is 26.7. The van der Waals surface area contributed by atoms with Gasteiger partial charge in [-0.25, -0.2) is 4.79 Å². The Hall–Kier alpha value is -3.52. The van der Waals surface area contributed by atoms with Gasteiger partial charge in [0.25, 0.3) is 0 Å². The minimum atomic E-state index is -0.595. The van der Waals surface area contributed by atoms with Gasteiger partial charge in [0.05, 0.1) is 6.04 Å². The lowest BCUT2D eigenvalue weighted by Gasteiger charge is -2.44. The number of likely N-dealkylation sites (tertiary alicyclic amines) is 1. The Labute approximate surface area is 236 Å². The van der Waals surface area contributed by atoms with Crippen LogP contribution in [-0.2, 0) is 16.0 Å². The molecule has 1 aromatic heterocycles. The van der Waals surface area contributed by atoms with Crippen molar-refractivity contribution in [2.24, 2.45) is 0 Å². The van der Waals surface area contributed by atoms with Crippen LogP contribution in [0, 0.1) is 0 Å². The zero-order valence-electron chi connectivity index (χ0n) is 23.9. The lowest BCUT2D eigenvalue weighted by molar-refractivity contribution is -0.123. The van der Waals surface area contributed by atoms with E-state index in [1.54, 1.807) is 4.90 Å². The standard InChI is InChI=1S/C32H41N5O3/c1-32(2,3)40-31(39)36-17-7-12-29(36)30(38)37-24(14-13-23-8-4-5-10-27(23)37)22-34-18-20-35(21-19-34)28-11-6-9-26-25(28)15-16-33-26/h4-6,8-11,15-16,24,29,33H,7,12-14,17-22H2,1-3H3/t24?,29-/m0/s1. The van der Waals surface area contributed by atoms with Crippen LogP contribution in [0.4, 0.5) is 16.2 Å². The molecule has 1 unspecified atom stereocenters. The molecule has 6 rings (SSSR count). The predicted octanol–water partition coefficient (Wildman–Crippen LogP) is 5.04. The Bertz CT molecular complexity index is 1370. The third kappa shape index (κ3) is 5.29. The second kappa shape index (κ2) is 10.8. The summed E-state index contributed by atoms with van der Waals surface area (Å²) in [6, 6.07) is 16.5. The molecule has 8 heteroatoms. The molecule has 8 nitrogen and oxygen atoms in total. The Morgan fingerprint density at radius 1 is 0.925 bits per heavy atom. The highest BCUT2D eigenvalue weighted by Crippen LogP contribution is 2.34. The molecule has 3 aromatic rings. The summed E-state index contributed by atoms with van der Waals surface area (Å²) in [5.41, 5.74) is 4.06. The molecule has 1 N–H and O–H groups in total. The highest BCUT2D eigenvalue weighted by atomic mass is 16.6. The lowest BCUT2D eigenvalue weighted by Crippen LogP contribution is -2.57. The zero-order valence-corrected chi connectivity index (χ0v) is 23.9. The number of aromatic nitrogens is 1. The van der Waals surface area contributed by atoms with Crippen molar-refractivity contribution in [1.82, 2.24) is 14.8 Å². The topological polar surface area (TPSA) is 72.1 Å². The maximum Gasteiger partial charge on any atom is 0.410 e. The van der Waals surface area contributed by atoms with Crippen molar-refractivity contribution in [3.63, 3.8) is 0 Å². The maximum absolute atomic E-state index is 14.3. The van der Waals surface area contributed by atoms with Crippen LogP contribution in [0.25, 0.3) is 10.9 Å². The van der Waals surface area contributed by atoms with E-state index in [2.05, 4.69) is 57.2 Å². The van der Waals surface area contributed by atoms with E-state index in [4.69, 9.17) is 4.74 Å². The summed E-state index contributed by atoms with van der Waals surface area (Å²) in [5, 5.41) is 1.27. The van der Waals surface area contributed by atoms with Gasteiger partial charge in [-0.2, -0.15) is 0 Å². The highest BCUT2D eigenvalue weighted by molar-refractivity contribution is 6.00. The van der Waals surface area contributed by atoms with Gasteiger partial charge in [0.15, 0.2) is 0 Å². The number of hydrogen-bond acceptors (Lipinski definition) is 5. The Morgan fingerprint density at radius 2 is 1.70 bits per heavy atom. The van der Waals surface area contributed by atoms with Crippen molar-refractivity contribution >= 4 is 34.3 Å². The Morgan fingerprint density at radius 3 is 2.50 bits per heavy atom. The second-order valence-electron chi connectivity index (χ2n) is 12.4. The second-order valence-corrected chi connectivity index (χ2v) is 12.4. The van der Waals surface area contributed by atoms with Crippen LogP contribution in [0.1, 0.15) is 45.6 Å². The van der Waals surface area contributed by atoms with E-state index in [0.29, 0.717) is 13.0 Å². The van der Waals surface area contributed by atoms with Crippen LogP contribution in [0.2, 0.25) is 0 Å². The smallest absolute Gasteiger partial charge is 0.410 e. The Kier molecular flexibility index (Phi) is 7.21. The maximum atomic E-state index is 14.3. The number of amides is 2. The van der Waals surface area contributed by atoms with Gasteiger partial charge in [-0.05, 0) is 76.3 Å².